The Labute approximate surface area is 180 Å². The predicted octanol–water partition coefficient (Wildman–Crippen LogP) is 4.88. The highest BCUT2D eigenvalue weighted by Crippen LogP contribution is 2.37. The van der Waals surface area contributed by atoms with Crippen molar-refractivity contribution >= 4 is 28.6 Å². The molecule has 0 unspecified atom stereocenters. The Bertz CT molecular complexity index is 1150. The first kappa shape index (κ1) is 20.5. The van der Waals surface area contributed by atoms with Gasteiger partial charge in [0.25, 0.3) is 0 Å². The number of carbonyl (C=O) groups excluding carboxylic acids is 2. The van der Waals surface area contributed by atoms with Crippen LogP contribution in [0.5, 0.6) is 0 Å². The van der Waals surface area contributed by atoms with Crippen molar-refractivity contribution in [2.75, 3.05) is 24.3 Å². The fraction of sp³-hybridized carbons (Fsp3) is 0.120. The van der Waals surface area contributed by atoms with Crippen molar-refractivity contribution in [1.82, 2.24) is 0 Å². The van der Waals surface area contributed by atoms with Crippen LogP contribution in [0, 0.1) is 0 Å². The third-order valence-corrected chi connectivity index (χ3v) is 5.07. The summed E-state index contributed by atoms with van der Waals surface area (Å²) in [7, 11) is 1.74. The van der Waals surface area contributed by atoms with Crippen molar-refractivity contribution in [2.24, 2.45) is 0 Å². The van der Waals surface area contributed by atoms with Crippen LogP contribution in [0.4, 0.5) is 17.1 Å². The Balaban J connectivity index is 1.64. The summed E-state index contributed by atoms with van der Waals surface area (Å²) in [4.78, 5) is 36.5. The molecule has 0 saturated carbocycles. The van der Waals surface area contributed by atoms with Gasteiger partial charge in [-0.2, -0.15) is 0 Å². The molecule has 0 amide bonds. The van der Waals surface area contributed by atoms with Gasteiger partial charge in [0.1, 0.15) is 13.2 Å². The Morgan fingerprint density at radius 1 is 0.839 bits per heavy atom. The van der Waals surface area contributed by atoms with Crippen LogP contribution in [-0.4, -0.2) is 25.2 Å². The summed E-state index contributed by atoms with van der Waals surface area (Å²) >= 11 is 0. The number of nitrogens with one attached hydrogen (secondary N) is 2. The minimum absolute atomic E-state index is 0.162. The van der Waals surface area contributed by atoms with Gasteiger partial charge in [-0.1, -0.05) is 42.5 Å². The van der Waals surface area contributed by atoms with E-state index >= 15 is 0 Å². The highest BCUT2D eigenvalue weighted by atomic mass is 17.2. The van der Waals surface area contributed by atoms with Crippen molar-refractivity contribution in [3.8, 4) is 0 Å². The van der Waals surface area contributed by atoms with Gasteiger partial charge in [0, 0.05) is 29.5 Å². The minimum Gasteiger partial charge on any atom is -0.388 e. The van der Waals surface area contributed by atoms with Crippen LogP contribution < -0.4 is 10.6 Å². The monoisotopic (exact) mass is 414 g/mol. The summed E-state index contributed by atoms with van der Waals surface area (Å²) in [5.41, 5.74) is 4.54. The number of hydrogen-bond acceptors (Lipinski definition) is 6. The Morgan fingerprint density at radius 3 is 2.06 bits per heavy atom. The van der Waals surface area contributed by atoms with Crippen LogP contribution in [0.3, 0.4) is 0 Å². The maximum absolute atomic E-state index is 13.3. The lowest BCUT2D eigenvalue weighted by atomic mass is 9.82. The van der Waals surface area contributed by atoms with Crippen LogP contribution in [0.2, 0.25) is 0 Å². The van der Waals surface area contributed by atoms with Crippen LogP contribution >= 0.6 is 0 Å². The summed E-state index contributed by atoms with van der Waals surface area (Å²) in [5, 5.41) is 6.31. The van der Waals surface area contributed by atoms with Crippen molar-refractivity contribution in [2.45, 2.75) is 6.61 Å². The number of anilines is 3. The highest BCUT2D eigenvalue weighted by Gasteiger charge is 2.33. The molecule has 6 nitrogen and oxygen atoms in total. The number of hydrogen-bond donors (Lipinski definition) is 2. The molecule has 0 spiro atoms. The zero-order valence-electron chi connectivity index (χ0n) is 17.1. The zero-order chi connectivity index (χ0) is 21.8. The van der Waals surface area contributed by atoms with E-state index in [-0.39, 0.29) is 11.6 Å². The summed E-state index contributed by atoms with van der Waals surface area (Å²) in [6.45, 7) is 4.19. The normalized spacial score (nSPS) is 12.2. The molecular weight excluding hydrogens is 392 g/mol. The van der Waals surface area contributed by atoms with Gasteiger partial charge in [-0.15, -0.1) is 6.58 Å². The predicted molar refractivity (Wildman–Crippen MR) is 120 cm³/mol. The van der Waals surface area contributed by atoms with Gasteiger partial charge >= 0.3 is 0 Å². The largest absolute Gasteiger partial charge is 0.388 e. The van der Waals surface area contributed by atoms with E-state index in [9.17, 15) is 9.59 Å². The molecule has 0 atom stereocenters. The van der Waals surface area contributed by atoms with E-state index in [4.69, 9.17) is 9.78 Å². The molecule has 0 heterocycles. The standard InChI is InChI=1S/C25H22N2O4/c1-3-14-30-31-15-16-8-10-17(11-9-16)27-21-13-12-20(26-2)22-23(21)25(29)19-7-5-4-6-18(19)24(22)28/h3-13,26-27H,1,14-15H2,2H3. The molecule has 0 aromatic heterocycles. The smallest absolute Gasteiger partial charge is 0.196 e. The quantitative estimate of drug-likeness (QED) is 0.185. The van der Waals surface area contributed by atoms with Gasteiger partial charge < -0.3 is 10.6 Å². The van der Waals surface area contributed by atoms with E-state index in [1.807, 2.05) is 30.3 Å². The van der Waals surface area contributed by atoms with Gasteiger partial charge in [-0.05, 0) is 29.8 Å². The second kappa shape index (κ2) is 8.95. The third-order valence-electron chi connectivity index (χ3n) is 5.07. The van der Waals surface area contributed by atoms with Gasteiger partial charge in [0.2, 0.25) is 0 Å². The first-order valence-corrected chi connectivity index (χ1v) is 9.88. The molecule has 6 heteroatoms. The number of rotatable bonds is 8. The first-order valence-electron chi connectivity index (χ1n) is 9.88. The van der Waals surface area contributed by atoms with Crippen molar-refractivity contribution in [3.63, 3.8) is 0 Å². The van der Waals surface area contributed by atoms with E-state index < -0.39 is 0 Å². The molecule has 2 N–H and O–H groups in total. The van der Waals surface area contributed by atoms with Crippen LogP contribution in [-0.2, 0) is 16.4 Å². The maximum Gasteiger partial charge on any atom is 0.196 e. The van der Waals surface area contributed by atoms with Gasteiger partial charge in [-0.25, -0.2) is 9.78 Å². The molecule has 3 aromatic rings. The Hall–Kier alpha value is -3.74. The summed E-state index contributed by atoms with van der Waals surface area (Å²) in [6.07, 6.45) is 1.61. The fourth-order valence-corrected chi connectivity index (χ4v) is 3.58. The average molecular weight is 414 g/mol. The van der Waals surface area contributed by atoms with Crippen LogP contribution in [0.25, 0.3) is 0 Å². The number of fused-ring (bicyclic) bond motifs is 2. The van der Waals surface area contributed by atoms with Crippen molar-refractivity contribution in [3.05, 3.63) is 101 Å². The topological polar surface area (TPSA) is 76.7 Å². The molecular formula is C25H22N2O4. The third kappa shape index (κ3) is 3.99. The second-order valence-corrected chi connectivity index (χ2v) is 7.02. The van der Waals surface area contributed by atoms with Gasteiger partial charge in [0.15, 0.2) is 11.6 Å². The van der Waals surface area contributed by atoms with E-state index in [0.717, 1.165) is 11.3 Å². The molecule has 1 aliphatic carbocycles. The molecule has 0 fully saturated rings. The van der Waals surface area contributed by atoms with E-state index in [0.29, 0.717) is 46.8 Å². The molecule has 0 bridgehead atoms. The van der Waals surface area contributed by atoms with Crippen molar-refractivity contribution in [1.29, 1.82) is 0 Å². The molecule has 0 radical (unpaired) electrons. The molecule has 31 heavy (non-hydrogen) atoms. The molecule has 3 aromatic carbocycles. The lowest BCUT2D eigenvalue weighted by Crippen LogP contribution is -2.23. The van der Waals surface area contributed by atoms with Gasteiger partial charge in [-0.3, -0.25) is 9.59 Å². The lowest BCUT2D eigenvalue weighted by molar-refractivity contribution is -0.295. The highest BCUT2D eigenvalue weighted by molar-refractivity contribution is 6.32. The average Bonchev–Trinajstić information content (AvgIpc) is 2.81. The SMILES string of the molecule is C=CCOOCc1ccc(Nc2ccc(NC)c3c2C(=O)c2ccccc2C3=O)cc1. The first-order chi connectivity index (χ1) is 15.1. The Morgan fingerprint density at radius 2 is 1.45 bits per heavy atom. The maximum atomic E-state index is 13.3. The summed E-state index contributed by atoms with van der Waals surface area (Å²) in [6, 6.07) is 18.1. The summed E-state index contributed by atoms with van der Waals surface area (Å²) in [5.74, 6) is -0.334. The zero-order valence-corrected chi connectivity index (χ0v) is 17.1. The summed E-state index contributed by atoms with van der Waals surface area (Å²) < 4.78 is 0. The van der Waals surface area contributed by atoms with E-state index in [1.54, 1.807) is 43.5 Å². The molecule has 156 valence electrons. The molecule has 0 aliphatic heterocycles. The number of ketones is 2. The Kier molecular flexibility index (Phi) is 5.93. The molecule has 4 rings (SSSR count). The fourth-order valence-electron chi connectivity index (χ4n) is 3.58. The number of benzene rings is 3. The van der Waals surface area contributed by atoms with Crippen LogP contribution in [0.1, 0.15) is 37.4 Å². The second-order valence-electron chi connectivity index (χ2n) is 7.02. The molecule has 1 aliphatic rings. The van der Waals surface area contributed by atoms with Crippen molar-refractivity contribution < 1.29 is 19.4 Å². The van der Waals surface area contributed by atoms with E-state index in [2.05, 4.69) is 17.2 Å². The van der Waals surface area contributed by atoms with Crippen LogP contribution in [0.15, 0.2) is 73.3 Å². The van der Waals surface area contributed by atoms with Gasteiger partial charge in [0.05, 0.1) is 16.8 Å². The number of carbonyl (C=O) groups is 2. The minimum atomic E-state index is -0.172. The van der Waals surface area contributed by atoms with E-state index in [1.165, 1.54) is 0 Å². The molecule has 0 saturated heterocycles. The lowest BCUT2D eigenvalue weighted by Gasteiger charge is -2.23.